The molecule has 3 N–H and O–H groups in total. The highest BCUT2D eigenvalue weighted by Gasteiger charge is 2.18. The zero-order valence-electron chi connectivity index (χ0n) is 19.0. The minimum absolute atomic E-state index is 0.297. The molecule has 0 saturated heterocycles. The molecule has 9 heteroatoms. The van der Waals surface area contributed by atoms with Crippen molar-refractivity contribution < 1.29 is 9.13 Å². The van der Waals surface area contributed by atoms with Crippen molar-refractivity contribution in [1.82, 2.24) is 19.7 Å². The molecule has 0 spiro atoms. The lowest BCUT2D eigenvalue weighted by Gasteiger charge is -2.06. The summed E-state index contributed by atoms with van der Waals surface area (Å²) in [4.78, 5) is 8.41. The van der Waals surface area contributed by atoms with Gasteiger partial charge >= 0.3 is 0 Å². The summed E-state index contributed by atoms with van der Waals surface area (Å²) in [6.45, 7) is 8.41. The Balaban J connectivity index is 0.000000714. The first-order chi connectivity index (χ1) is 16.1. The fourth-order valence-corrected chi connectivity index (χ4v) is 3.07. The van der Waals surface area contributed by atoms with Crippen molar-refractivity contribution >= 4 is 35.2 Å². The molecule has 0 radical (unpaired) electrons. The molecule has 0 aliphatic carbocycles. The lowest BCUT2D eigenvalue weighted by molar-refractivity contribution is 0.411. The molecule has 0 atom stereocenters. The van der Waals surface area contributed by atoms with E-state index in [-0.39, 0.29) is 0 Å². The van der Waals surface area contributed by atoms with Crippen molar-refractivity contribution in [2.24, 2.45) is 0 Å². The topological polar surface area (TPSA) is 90.9 Å². The number of ether oxygens (including phenoxy) is 1. The number of halogens is 1. The van der Waals surface area contributed by atoms with Crippen molar-refractivity contribution in [3.63, 3.8) is 0 Å². The molecular formula is C24H29FN6OS. The zero-order valence-corrected chi connectivity index (χ0v) is 19.9. The predicted octanol–water partition coefficient (Wildman–Crippen LogP) is 5.42. The SMILES string of the molecule is C=CS.CC.COc1cc(F)cc(-c2nn(CCNc3ccccc3)c3ncnc(N)c23)c1. The van der Waals surface area contributed by atoms with Crippen LogP contribution in [-0.4, -0.2) is 33.4 Å². The number of benzene rings is 2. The Morgan fingerprint density at radius 1 is 1.18 bits per heavy atom. The average molecular weight is 469 g/mol. The van der Waals surface area contributed by atoms with E-state index >= 15 is 0 Å². The van der Waals surface area contributed by atoms with E-state index in [1.807, 2.05) is 44.2 Å². The quantitative estimate of drug-likeness (QED) is 0.327. The van der Waals surface area contributed by atoms with E-state index in [1.165, 1.54) is 31.0 Å². The van der Waals surface area contributed by atoms with Gasteiger partial charge in [-0.2, -0.15) is 17.7 Å². The average Bonchev–Trinajstić information content (AvgIpc) is 3.21. The minimum atomic E-state index is -0.418. The second kappa shape index (κ2) is 13.1. The van der Waals surface area contributed by atoms with Crippen LogP contribution in [0, 0.1) is 5.82 Å². The molecule has 4 aromatic rings. The zero-order chi connectivity index (χ0) is 24.2. The number of fused-ring (bicyclic) bond motifs is 1. The van der Waals surface area contributed by atoms with Crippen LogP contribution in [0.4, 0.5) is 15.9 Å². The summed E-state index contributed by atoms with van der Waals surface area (Å²) < 4.78 is 20.9. The number of methoxy groups -OCH3 is 1. The Hall–Kier alpha value is -3.59. The third kappa shape index (κ3) is 6.69. The van der Waals surface area contributed by atoms with E-state index in [1.54, 1.807) is 10.7 Å². The van der Waals surface area contributed by atoms with Gasteiger partial charge in [0.15, 0.2) is 5.65 Å². The molecular weight excluding hydrogens is 439 g/mol. The maximum Gasteiger partial charge on any atom is 0.164 e. The van der Waals surface area contributed by atoms with Gasteiger partial charge in [-0.15, -0.1) is 0 Å². The first-order valence-electron chi connectivity index (χ1n) is 10.4. The minimum Gasteiger partial charge on any atom is -0.497 e. The van der Waals surface area contributed by atoms with Crippen LogP contribution in [0.3, 0.4) is 0 Å². The van der Waals surface area contributed by atoms with Crippen molar-refractivity contribution in [3.05, 3.63) is 72.7 Å². The predicted molar refractivity (Wildman–Crippen MR) is 137 cm³/mol. The molecule has 0 aliphatic heterocycles. The first kappa shape index (κ1) is 25.7. The Kier molecular flexibility index (Phi) is 10.2. The van der Waals surface area contributed by atoms with Crippen LogP contribution in [-0.2, 0) is 6.54 Å². The molecule has 174 valence electrons. The summed E-state index contributed by atoms with van der Waals surface area (Å²) in [6.07, 6.45) is 1.40. The molecule has 2 heterocycles. The Bertz CT molecular complexity index is 1170. The van der Waals surface area contributed by atoms with Crippen molar-refractivity contribution in [3.8, 4) is 17.0 Å². The summed E-state index contributed by atoms with van der Waals surface area (Å²) in [5, 5.41) is 10.0. The number of hydrogen-bond donors (Lipinski definition) is 3. The molecule has 0 saturated carbocycles. The molecule has 33 heavy (non-hydrogen) atoms. The molecule has 7 nitrogen and oxygen atoms in total. The van der Waals surface area contributed by atoms with Gasteiger partial charge in [-0.25, -0.2) is 19.0 Å². The monoisotopic (exact) mass is 468 g/mol. The number of hydrogen-bond acceptors (Lipinski definition) is 7. The number of aromatic nitrogens is 4. The molecule has 2 aromatic heterocycles. The van der Waals surface area contributed by atoms with Crippen LogP contribution in [0.15, 0.2) is 66.8 Å². The molecule has 0 aliphatic rings. The molecule has 0 fully saturated rings. The number of nitrogens with two attached hydrogens (primary N) is 1. The number of nitrogens with one attached hydrogen (secondary N) is 1. The number of nitrogen functional groups attached to an aromatic ring is 1. The van der Waals surface area contributed by atoms with E-state index in [9.17, 15) is 4.39 Å². The summed E-state index contributed by atoms with van der Waals surface area (Å²) in [5.41, 5.74) is 8.78. The fraction of sp³-hybridized carbons (Fsp3) is 0.208. The van der Waals surface area contributed by atoms with Gasteiger partial charge < -0.3 is 15.8 Å². The van der Waals surface area contributed by atoms with Gasteiger partial charge in [-0.1, -0.05) is 38.6 Å². The van der Waals surface area contributed by atoms with Gasteiger partial charge in [0.05, 0.1) is 19.0 Å². The summed E-state index contributed by atoms with van der Waals surface area (Å²) in [5.74, 6) is 0.280. The smallest absolute Gasteiger partial charge is 0.164 e. The highest BCUT2D eigenvalue weighted by molar-refractivity contribution is 7.83. The molecule has 0 bridgehead atoms. The summed E-state index contributed by atoms with van der Waals surface area (Å²) in [6, 6.07) is 14.3. The maximum absolute atomic E-state index is 14.0. The number of para-hydroxylation sites is 1. The fourth-order valence-electron chi connectivity index (χ4n) is 3.07. The van der Waals surface area contributed by atoms with Gasteiger partial charge in [-0.05, 0) is 29.7 Å². The number of nitrogens with zero attached hydrogens (tertiary/aromatic N) is 4. The normalized spacial score (nSPS) is 9.85. The maximum atomic E-state index is 14.0. The van der Waals surface area contributed by atoms with Crippen LogP contribution in [0.25, 0.3) is 22.3 Å². The van der Waals surface area contributed by atoms with Gasteiger partial charge in [0, 0.05) is 23.9 Å². The van der Waals surface area contributed by atoms with Crippen LogP contribution >= 0.6 is 12.6 Å². The first-order valence-corrected chi connectivity index (χ1v) is 10.9. The van der Waals surface area contributed by atoms with Crippen molar-refractivity contribution in [1.29, 1.82) is 0 Å². The third-order valence-corrected chi connectivity index (χ3v) is 4.37. The molecule has 0 unspecified atom stereocenters. The summed E-state index contributed by atoms with van der Waals surface area (Å²) in [7, 11) is 1.49. The van der Waals surface area contributed by atoms with Gasteiger partial charge in [0.25, 0.3) is 0 Å². The highest BCUT2D eigenvalue weighted by Crippen LogP contribution is 2.32. The van der Waals surface area contributed by atoms with E-state index in [2.05, 4.69) is 39.6 Å². The lowest BCUT2D eigenvalue weighted by Crippen LogP contribution is -2.12. The molecule has 4 rings (SSSR count). The van der Waals surface area contributed by atoms with Crippen LogP contribution < -0.4 is 15.8 Å². The standard InChI is InChI=1S/C20H19FN6O.C2H4S.C2H6/c1-28-16-10-13(9-14(21)11-16)18-17-19(22)24-12-25-20(17)27(26-18)8-7-23-15-5-3-2-4-6-15;1-2-3;1-2/h2-6,9-12,23H,7-8H2,1H3,(H2,22,24,25);2-3H,1H2;1-2H3. The number of rotatable bonds is 6. The molecule has 2 aromatic carbocycles. The lowest BCUT2D eigenvalue weighted by atomic mass is 10.1. The van der Waals surface area contributed by atoms with E-state index in [0.717, 1.165) is 5.69 Å². The Morgan fingerprint density at radius 3 is 2.55 bits per heavy atom. The second-order valence-corrected chi connectivity index (χ2v) is 6.75. The summed E-state index contributed by atoms with van der Waals surface area (Å²) >= 11 is 3.55. The van der Waals surface area contributed by atoms with Gasteiger partial charge in [-0.3, -0.25) is 0 Å². The van der Waals surface area contributed by atoms with Crippen LogP contribution in [0.5, 0.6) is 5.75 Å². The Labute approximate surface area is 198 Å². The van der Waals surface area contributed by atoms with Crippen LogP contribution in [0.2, 0.25) is 0 Å². The van der Waals surface area contributed by atoms with Gasteiger partial charge in [0.1, 0.15) is 29.4 Å². The Morgan fingerprint density at radius 2 is 1.88 bits per heavy atom. The third-order valence-electron chi connectivity index (χ3n) is 4.37. The van der Waals surface area contributed by atoms with E-state index < -0.39 is 5.82 Å². The number of thiol groups is 1. The van der Waals surface area contributed by atoms with Crippen molar-refractivity contribution in [2.75, 3.05) is 24.7 Å². The van der Waals surface area contributed by atoms with E-state index in [4.69, 9.17) is 10.5 Å². The highest BCUT2D eigenvalue weighted by atomic mass is 32.1. The van der Waals surface area contributed by atoms with Crippen molar-refractivity contribution in [2.45, 2.75) is 20.4 Å². The van der Waals surface area contributed by atoms with Crippen LogP contribution in [0.1, 0.15) is 13.8 Å². The number of anilines is 2. The van der Waals surface area contributed by atoms with E-state index in [0.29, 0.717) is 46.9 Å². The van der Waals surface area contributed by atoms with Gasteiger partial charge in [0.2, 0.25) is 0 Å². The largest absolute Gasteiger partial charge is 0.497 e. The molecule has 0 amide bonds. The second-order valence-electron chi connectivity index (χ2n) is 6.38.